The molecule has 0 saturated carbocycles. The zero-order valence-electron chi connectivity index (χ0n) is 14.6. The molecule has 5 nitrogen and oxygen atoms in total. The van der Waals surface area contributed by atoms with Gasteiger partial charge in [0.25, 0.3) is 0 Å². The molecule has 24 heavy (non-hydrogen) atoms. The van der Waals surface area contributed by atoms with Gasteiger partial charge in [-0.3, -0.25) is 0 Å². The molecule has 2 N–H and O–H groups in total. The van der Waals surface area contributed by atoms with Gasteiger partial charge in [-0.1, -0.05) is 24.3 Å². The number of benzene rings is 2. The average molecular weight is 328 g/mol. The highest BCUT2D eigenvalue weighted by Gasteiger charge is 2.08. The fraction of sp³-hybridized carbons (Fsp3) is 0.316. The van der Waals surface area contributed by atoms with Crippen molar-refractivity contribution in [2.75, 3.05) is 25.6 Å². The molecule has 0 aliphatic heterocycles. The van der Waals surface area contributed by atoms with Crippen molar-refractivity contribution in [2.45, 2.75) is 20.8 Å². The first-order valence-electron chi connectivity index (χ1n) is 7.89. The zero-order chi connectivity index (χ0) is 17.5. The van der Waals surface area contributed by atoms with Crippen LogP contribution in [0.1, 0.15) is 16.7 Å². The predicted molar refractivity (Wildman–Crippen MR) is 96.2 cm³/mol. The summed E-state index contributed by atoms with van der Waals surface area (Å²) in [4.78, 5) is 12.0. The second kappa shape index (κ2) is 8.24. The largest absolute Gasteiger partial charge is 0.495 e. The quantitative estimate of drug-likeness (QED) is 0.793. The third-order valence-electron chi connectivity index (χ3n) is 3.65. The maximum atomic E-state index is 12.0. The third-order valence-corrected chi connectivity index (χ3v) is 3.65. The lowest BCUT2D eigenvalue weighted by molar-refractivity contribution is 0.247. The number of nitrogens with one attached hydrogen (secondary N) is 2. The van der Waals surface area contributed by atoms with Crippen LogP contribution in [0, 0.1) is 20.8 Å². The Bertz CT molecular complexity index is 694. The van der Waals surface area contributed by atoms with Gasteiger partial charge in [0.2, 0.25) is 0 Å². The summed E-state index contributed by atoms with van der Waals surface area (Å²) in [6.45, 7) is 6.79. The van der Waals surface area contributed by atoms with Crippen molar-refractivity contribution in [2.24, 2.45) is 0 Å². The molecule has 2 amide bonds. The maximum absolute atomic E-state index is 12.0. The number of carbonyl (C=O) groups excluding carboxylic acids is 1. The van der Waals surface area contributed by atoms with Gasteiger partial charge >= 0.3 is 6.03 Å². The Morgan fingerprint density at radius 2 is 1.79 bits per heavy atom. The second-order valence-corrected chi connectivity index (χ2v) is 5.65. The van der Waals surface area contributed by atoms with E-state index in [4.69, 9.17) is 9.47 Å². The molecular formula is C19H24N2O3. The van der Waals surface area contributed by atoms with Crippen molar-refractivity contribution >= 4 is 11.7 Å². The summed E-state index contributed by atoms with van der Waals surface area (Å²) in [5.41, 5.74) is 3.86. The third kappa shape index (κ3) is 4.65. The maximum Gasteiger partial charge on any atom is 0.319 e. The summed E-state index contributed by atoms with van der Waals surface area (Å²) in [6, 6.07) is 11.3. The van der Waals surface area contributed by atoms with Crippen molar-refractivity contribution < 1.29 is 14.3 Å². The molecular weight excluding hydrogens is 304 g/mol. The molecule has 128 valence electrons. The monoisotopic (exact) mass is 328 g/mol. The van der Waals surface area contributed by atoms with E-state index >= 15 is 0 Å². The standard InChI is InChI=1S/C19H24N2O3/c1-13-8-9-17(23-4)16(12-13)21-19(22)20-10-11-24-18-14(2)6-5-7-15(18)3/h5-9,12H,10-11H2,1-4H3,(H2,20,21,22). The molecule has 0 heterocycles. The van der Waals surface area contributed by atoms with Crippen LogP contribution in [0.5, 0.6) is 11.5 Å². The Kier molecular flexibility index (Phi) is 6.07. The van der Waals surface area contributed by atoms with E-state index in [1.165, 1.54) is 0 Å². The summed E-state index contributed by atoms with van der Waals surface area (Å²) >= 11 is 0. The van der Waals surface area contributed by atoms with Crippen LogP contribution in [-0.4, -0.2) is 26.3 Å². The summed E-state index contributed by atoms with van der Waals surface area (Å²) in [5, 5.41) is 5.57. The van der Waals surface area contributed by atoms with Crippen molar-refractivity contribution in [3.63, 3.8) is 0 Å². The molecule has 0 unspecified atom stereocenters. The molecule has 2 rings (SSSR count). The van der Waals surface area contributed by atoms with Gasteiger partial charge < -0.3 is 20.1 Å². The zero-order valence-corrected chi connectivity index (χ0v) is 14.6. The van der Waals surface area contributed by atoms with Crippen LogP contribution in [0.3, 0.4) is 0 Å². The minimum Gasteiger partial charge on any atom is -0.495 e. The van der Waals surface area contributed by atoms with E-state index in [9.17, 15) is 4.79 Å². The van der Waals surface area contributed by atoms with Crippen molar-refractivity contribution in [1.29, 1.82) is 0 Å². The SMILES string of the molecule is COc1ccc(C)cc1NC(=O)NCCOc1c(C)cccc1C. The predicted octanol–water partition coefficient (Wildman–Crippen LogP) is 3.82. The number of carbonyl (C=O) groups is 1. The first-order valence-corrected chi connectivity index (χ1v) is 7.89. The number of ether oxygens (including phenoxy) is 2. The molecule has 5 heteroatoms. The second-order valence-electron chi connectivity index (χ2n) is 5.65. The lowest BCUT2D eigenvalue weighted by atomic mass is 10.1. The van der Waals surface area contributed by atoms with E-state index < -0.39 is 0 Å². The molecule has 2 aromatic rings. The minimum atomic E-state index is -0.288. The van der Waals surface area contributed by atoms with Gasteiger partial charge in [-0.05, 0) is 49.6 Å². The molecule has 2 aromatic carbocycles. The minimum absolute atomic E-state index is 0.288. The van der Waals surface area contributed by atoms with E-state index in [1.807, 2.05) is 57.2 Å². The van der Waals surface area contributed by atoms with Gasteiger partial charge in [0.05, 0.1) is 19.3 Å². The Morgan fingerprint density at radius 3 is 2.46 bits per heavy atom. The Labute approximate surface area is 143 Å². The fourth-order valence-corrected chi connectivity index (χ4v) is 2.43. The van der Waals surface area contributed by atoms with Gasteiger partial charge in [0.1, 0.15) is 18.1 Å². The van der Waals surface area contributed by atoms with Crippen LogP contribution in [0.15, 0.2) is 36.4 Å². The molecule has 0 radical (unpaired) electrons. The number of hydrogen-bond donors (Lipinski definition) is 2. The summed E-state index contributed by atoms with van der Waals surface area (Å²) in [5.74, 6) is 1.50. The lowest BCUT2D eigenvalue weighted by Gasteiger charge is -2.14. The van der Waals surface area contributed by atoms with Gasteiger partial charge in [0, 0.05) is 0 Å². The number of amides is 2. The van der Waals surface area contributed by atoms with Crippen molar-refractivity contribution in [3.05, 3.63) is 53.1 Å². The van der Waals surface area contributed by atoms with Crippen LogP contribution in [0.25, 0.3) is 0 Å². The smallest absolute Gasteiger partial charge is 0.319 e. The van der Waals surface area contributed by atoms with Crippen molar-refractivity contribution in [3.8, 4) is 11.5 Å². The molecule has 0 bridgehead atoms. The number of para-hydroxylation sites is 1. The number of methoxy groups -OCH3 is 1. The van der Waals surface area contributed by atoms with Crippen molar-refractivity contribution in [1.82, 2.24) is 5.32 Å². The van der Waals surface area contributed by atoms with E-state index in [0.29, 0.717) is 24.6 Å². The number of urea groups is 1. The van der Waals surface area contributed by atoms with Crippen LogP contribution < -0.4 is 20.1 Å². The number of anilines is 1. The number of hydrogen-bond acceptors (Lipinski definition) is 3. The van der Waals surface area contributed by atoms with E-state index in [-0.39, 0.29) is 6.03 Å². The fourth-order valence-electron chi connectivity index (χ4n) is 2.43. The summed E-state index contributed by atoms with van der Waals surface area (Å²) in [6.07, 6.45) is 0. The molecule has 0 fully saturated rings. The highest BCUT2D eigenvalue weighted by molar-refractivity contribution is 5.91. The lowest BCUT2D eigenvalue weighted by Crippen LogP contribution is -2.32. The molecule has 0 spiro atoms. The van der Waals surface area contributed by atoms with Gasteiger partial charge in [0.15, 0.2) is 0 Å². The van der Waals surface area contributed by atoms with Gasteiger partial charge in [-0.25, -0.2) is 4.79 Å². The van der Waals surface area contributed by atoms with E-state index in [1.54, 1.807) is 7.11 Å². The molecule has 0 aromatic heterocycles. The average Bonchev–Trinajstić information content (AvgIpc) is 2.54. The molecule has 0 aliphatic carbocycles. The van der Waals surface area contributed by atoms with Crippen LogP contribution in [0.2, 0.25) is 0 Å². The summed E-state index contributed by atoms with van der Waals surface area (Å²) in [7, 11) is 1.58. The summed E-state index contributed by atoms with van der Waals surface area (Å²) < 4.78 is 11.0. The molecule has 0 saturated heterocycles. The highest BCUT2D eigenvalue weighted by atomic mass is 16.5. The Hall–Kier alpha value is -2.69. The van der Waals surface area contributed by atoms with E-state index in [2.05, 4.69) is 10.6 Å². The topological polar surface area (TPSA) is 59.6 Å². The number of rotatable bonds is 6. The Balaban J connectivity index is 1.83. The highest BCUT2D eigenvalue weighted by Crippen LogP contribution is 2.25. The van der Waals surface area contributed by atoms with Crippen LogP contribution in [0.4, 0.5) is 10.5 Å². The van der Waals surface area contributed by atoms with Gasteiger partial charge in [-0.2, -0.15) is 0 Å². The molecule has 0 atom stereocenters. The van der Waals surface area contributed by atoms with E-state index in [0.717, 1.165) is 22.4 Å². The number of aryl methyl sites for hydroxylation is 3. The first-order chi connectivity index (χ1) is 11.5. The molecule has 0 aliphatic rings. The van der Waals surface area contributed by atoms with Crippen LogP contribution in [-0.2, 0) is 0 Å². The normalized spacial score (nSPS) is 10.2. The van der Waals surface area contributed by atoms with Gasteiger partial charge in [-0.15, -0.1) is 0 Å². The Morgan fingerprint density at radius 1 is 1.08 bits per heavy atom. The first kappa shape index (κ1) is 17.7. The van der Waals surface area contributed by atoms with Crippen LogP contribution >= 0.6 is 0 Å².